The Balaban J connectivity index is 2.14. The van der Waals surface area contributed by atoms with E-state index in [0.717, 1.165) is 27.7 Å². The van der Waals surface area contributed by atoms with E-state index in [4.69, 9.17) is 0 Å². The second-order valence-corrected chi connectivity index (χ2v) is 5.48. The number of nitrogens with zero attached hydrogens (tertiary/aromatic N) is 3. The minimum absolute atomic E-state index is 0.671. The quantitative estimate of drug-likeness (QED) is 0.535. The average Bonchev–Trinajstić information content (AvgIpc) is 2.55. The van der Waals surface area contributed by atoms with Crippen LogP contribution in [0.4, 0.5) is 0 Å². The van der Waals surface area contributed by atoms with Crippen LogP contribution >= 0.6 is 11.8 Å². The van der Waals surface area contributed by atoms with Crippen molar-refractivity contribution >= 4 is 11.8 Å². The van der Waals surface area contributed by atoms with Gasteiger partial charge in [-0.05, 0) is 31.4 Å². The lowest BCUT2D eigenvalue weighted by Gasteiger charge is -2.07. The van der Waals surface area contributed by atoms with Crippen LogP contribution < -0.4 is 0 Å². The smallest absolute Gasteiger partial charge is 0.179 e. The van der Waals surface area contributed by atoms with Gasteiger partial charge in [0.25, 0.3) is 0 Å². The Morgan fingerprint density at radius 3 is 2.33 bits per heavy atom. The lowest BCUT2D eigenvalue weighted by molar-refractivity contribution is 1.04. The molecule has 1 aromatic carbocycles. The van der Waals surface area contributed by atoms with Gasteiger partial charge in [-0.2, -0.15) is 0 Å². The normalized spacial score (nSPS) is 10.6. The van der Waals surface area contributed by atoms with E-state index in [0.29, 0.717) is 5.82 Å². The maximum atomic E-state index is 4.68. The molecule has 104 valence electrons. The summed E-state index contributed by atoms with van der Waals surface area (Å²) in [4.78, 5) is 13.8. The fourth-order valence-electron chi connectivity index (χ4n) is 2.07. The largest absolute Gasteiger partial charge is 0.250 e. The first-order valence-corrected chi connectivity index (χ1v) is 7.91. The molecule has 0 atom stereocenters. The molecular weight excluding hydrogens is 278 g/mol. The molecule has 0 amide bonds. The van der Waals surface area contributed by atoms with E-state index in [1.54, 1.807) is 11.8 Å². The second kappa shape index (κ2) is 6.06. The monoisotopic (exact) mass is 293 g/mol. The van der Waals surface area contributed by atoms with Crippen LogP contribution in [-0.4, -0.2) is 21.2 Å². The SMILES string of the molecule is CSc1cc(-c2ccccc2)nc(-c2cccc(C)n2)n1. The van der Waals surface area contributed by atoms with Crippen LogP contribution in [0.5, 0.6) is 0 Å². The Morgan fingerprint density at radius 1 is 0.810 bits per heavy atom. The molecule has 2 aromatic heterocycles. The Hall–Kier alpha value is -2.20. The van der Waals surface area contributed by atoms with Crippen LogP contribution in [0.2, 0.25) is 0 Å². The summed E-state index contributed by atoms with van der Waals surface area (Å²) in [7, 11) is 0. The maximum absolute atomic E-state index is 4.68. The van der Waals surface area contributed by atoms with Crippen LogP contribution in [0, 0.1) is 6.92 Å². The van der Waals surface area contributed by atoms with Crippen LogP contribution in [0.1, 0.15) is 5.69 Å². The van der Waals surface area contributed by atoms with Crippen molar-refractivity contribution in [3.8, 4) is 22.8 Å². The molecule has 0 saturated carbocycles. The molecule has 0 radical (unpaired) electrons. The Labute approximate surface area is 128 Å². The maximum Gasteiger partial charge on any atom is 0.179 e. The standard InChI is InChI=1S/C17H15N3S/c1-12-7-6-10-14(18-12)17-19-15(11-16(20-17)21-2)13-8-4-3-5-9-13/h3-11H,1-2H3. The number of pyridine rings is 1. The van der Waals surface area contributed by atoms with Crippen molar-refractivity contribution in [1.82, 2.24) is 15.0 Å². The highest BCUT2D eigenvalue weighted by Crippen LogP contribution is 2.24. The van der Waals surface area contributed by atoms with E-state index in [1.807, 2.05) is 55.6 Å². The van der Waals surface area contributed by atoms with Gasteiger partial charge in [0.2, 0.25) is 0 Å². The zero-order valence-corrected chi connectivity index (χ0v) is 12.8. The van der Waals surface area contributed by atoms with E-state index in [9.17, 15) is 0 Å². The summed E-state index contributed by atoms with van der Waals surface area (Å²) in [5, 5.41) is 0.946. The third-order valence-corrected chi connectivity index (χ3v) is 3.73. The zero-order valence-electron chi connectivity index (χ0n) is 11.9. The zero-order chi connectivity index (χ0) is 14.7. The molecule has 0 spiro atoms. The number of hydrogen-bond acceptors (Lipinski definition) is 4. The number of aromatic nitrogens is 3. The number of hydrogen-bond donors (Lipinski definition) is 0. The van der Waals surface area contributed by atoms with E-state index in [1.165, 1.54) is 0 Å². The molecule has 3 aromatic rings. The molecule has 3 nitrogen and oxygen atoms in total. The molecule has 0 bridgehead atoms. The van der Waals surface area contributed by atoms with Gasteiger partial charge in [-0.3, -0.25) is 0 Å². The lowest BCUT2D eigenvalue weighted by atomic mass is 10.1. The summed E-state index contributed by atoms with van der Waals surface area (Å²) in [5.74, 6) is 0.671. The Bertz CT molecular complexity index is 757. The van der Waals surface area contributed by atoms with E-state index >= 15 is 0 Å². The minimum Gasteiger partial charge on any atom is -0.250 e. The van der Waals surface area contributed by atoms with Crippen molar-refractivity contribution in [3.05, 3.63) is 60.3 Å². The van der Waals surface area contributed by atoms with E-state index in [-0.39, 0.29) is 0 Å². The topological polar surface area (TPSA) is 38.7 Å². The third-order valence-electron chi connectivity index (χ3n) is 3.10. The molecule has 3 rings (SSSR count). The first-order valence-electron chi connectivity index (χ1n) is 6.69. The number of aryl methyl sites for hydroxylation is 1. The van der Waals surface area contributed by atoms with Crippen molar-refractivity contribution in [1.29, 1.82) is 0 Å². The highest BCUT2D eigenvalue weighted by molar-refractivity contribution is 7.98. The van der Waals surface area contributed by atoms with Gasteiger partial charge in [-0.1, -0.05) is 36.4 Å². The van der Waals surface area contributed by atoms with Gasteiger partial charge in [0, 0.05) is 11.3 Å². The lowest BCUT2D eigenvalue weighted by Crippen LogP contribution is -1.96. The van der Waals surface area contributed by atoms with Gasteiger partial charge < -0.3 is 0 Å². The summed E-state index contributed by atoms with van der Waals surface area (Å²) in [6.07, 6.45) is 2.02. The Kier molecular flexibility index (Phi) is 3.97. The summed E-state index contributed by atoms with van der Waals surface area (Å²) in [6.45, 7) is 1.97. The van der Waals surface area contributed by atoms with Crippen molar-refractivity contribution in [3.63, 3.8) is 0 Å². The highest BCUT2D eigenvalue weighted by Gasteiger charge is 2.09. The average molecular weight is 293 g/mol. The second-order valence-electron chi connectivity index (χ2n) is 4.65. The van der Waals surface area contributed by atoms with Gasteiger partial charge in [0.05, 0.1) is 5.69 Å². The van der Waals surface area contributed by atoms with Crippen LogP contribution in [0.25, 0.3) is 22.8 Å². The van der Waals surface area contributed by atoms with Crippen LogP contribution in [-0.2, 0) is 0 Å². The van der Waals surface area contributed by atoms with Crippen molar-refractivity contribution in [2.45, 2.75) is 11.9 Å². The summed E-state index contributed by atoms with van der Waals surface area (Å²) in [6, 6.07) is 18.1. The molecule has 0 fully saturated rings. The Morgan fingerprint density at radius 2 is 1.62 bits per heavy atom. The molecule has 4 heteroatoms. The molecule has 0 aliphatic rings. The van der Waals surface area contributed by atoms with Gasteiger partial charge >= 0.3 is 0 Å². The van der Waals surface area contributed by atoms with Crippen LogP contribution in [0.15, 0.2) is 59.6 Å². The summed E-state index contributed by atoms with van der Waals surface area (Å²) in [5.41, 5.74) is 3.78. The summed E-state index contributed by atoms with van der Waals surface area (Å²) < 4.78 is 0. The van der Waals surface area contributed by atoms with Gasteiger partial charge in [-0.25, -0.2) is 15.0 Å². The molecule has 0 aliphatic heterocycles. The first-order chi connectivity index (χ1) is 10.3. The summed E-state index contributed by atoms with van der Waals surface area (Å²) >= 11 is 1.61. The number of thioether (sulfide) groups is 1. The minimum atomic E-state index is 0.671. The first kappa shape index (κ1) is 13.8. The highest BCUT2D eigenvalue weighted by atomic mass is 32.2. The molecule has 2 heterocycles. The predicted octanol–water partition coefficient (Wildman–Crippen LogP) is 4.24. The van der Waals surface area contributed by atoms with Gasteiger partial charge in [0.15, 0.2) is 5.82 Å². The fraction of sp³-hybridized carbons (Fsp3) is 0.118. The molecule has 0 saturated heterocycles. The van der Waals surface area contributed by atoms with Crippen LogP contribution in [0.3, 0.4) is 0 Å². The molecule has 0 aliphatic carbocycles. The van der Waals surface area contributed by atoms with Crippen molar-refractivity contribution in [2.75, 3.05) is 6.26 Å². The molecule has 0 N–H and O–H groups in total. The number of benzene rings is 1. The fourth-order valence-corrected chi connectivity index (χ4v) is 2.48. The molecular formula is C17H15N3S. The van der Waals surface area contributed by atoms with E-state index < -0.39 is 0 Å². The molecule has 21 heavy (non-hydrogen) atoms. The predicted molar refractivity (Wildman–Crippen MR) is 87.2 cm³/mol. The van der Waals surface area contributed by atoms with Gasteiger partial charge in [-0.15, -0.1) is 11.8 Å². The van der Waals surface area contributed by atoms with Gasteiger partial charge in [0.1, 0.15) is 10.7 Å². The van der Waals surface area contributed by atoms with Crippen molar-refractivity contribution < 1.29 is 0 Å². The van der Waals surface area contributed by atoms with E-state index in [2.05, 4.69) is 27.1 Å². The molecule has 0 unspecified atom stereocenters. The van der Waals surface area contributed by atoms with Crippen molar-refractivity contribution in [2.24, 2.45) is 0 Å². The third kappa shape index (κ3) is 3.11. The number of rotatable bonds is 3.